The molecule has 0 aromatic carbocycles. The van der Waals surface area contributed by atoms with Crippen LogP contribution in [0.5, 0.6) is 0 Å². The Morgan fingerprint density at radius 2 is 2.11 bits per heavy atom. The van der Waals surface area contributed by atoms with Gasteiger partial charge in [-0.25, -0.2) is 0 Å². The minimum atomic E-state index is 0.404. The van der Waals surface area contributed by atoms with Crippen LogP contribution in [0, 0.1) is 11.3 Å². The van der Waals surface area contributed by atoms with Gasteiger partial charge in [-0.2, -0.15) is 5.10 Å². The summed E-state index contributed by atoms with van der Waals surface area (Å²) in [5.41, 5.74) is 0.404. The van der Waals surface area contributed by atoms with Gasteiger partial charge in [-0.05, 0) is 49.6 Å². The first-order chi connectivity index (χ1) is 9.02. The largest absolute Gasteiger partial charge is 0.312 e. The molecule has 1 aromatic heterocycles. The van der Waals surface area contributed by atoms with E-state index < -0.39 is 0 Å². The molecule has 0 radical (unpaired) electrons. The Kier molecular flexibility index (Phi) is 4.67. The summed E-state index contributed by atoms with van der Waals surface area (Å²) in [6.45, 7) is 10.5. The second kappa shape index (κ2) is 6.08. The Morgan fingerprint density at radius 3 is 2.68 bits per heavy atom. The number of nitrogens with zero attached hydrogens (tertiary/aromatic N) is 2. The van der Waals surface area contributed by atoms with Gasteiger partial charge in [-0.15, -0.1) is 0 Å². The molecule has 0 aliphatic heterocycles. The number of nitrogens with one attached hydrogen (secondary N) is 1. The van der Waals surface area contributed by atoms with E-state index in [2.05, 4.69) is 49.0 Å². The van der Waals surface area contributed by atoms with Crippen LogP contribution in [0.15, 0.2) is 18.5 Å². The van der Waals surface area contributed by atoms with E-state index in [4.69, 9.17) is 0 Å². The van der Waals surface area contributed by atoms with Gasteiger partial charge in [-0.1, -0.05) is 27.7 Å². The van der Waals surface area contributed by atoms with E-state index in [9.17, 15) is 0 Å². The van der Waals surface area contributed by atoms with Crippen molar-refractivity contribution in [1.29, 1.82) is 0 Å². The third kappa shape index (κ3) is 3.59. The molecule has 3 heteroatoms. The average molecular weight is 263 g/mol. The highest BCUT2D eigenvalue weighted by atomic mass is 15.3. The fourth-order valence-corrected chi connectivity index (χ4v) is 3.27. The maximum Gasteiger partial charge on any atom is 0.0674 e. The monoisotopic (exact) mass is 263 g/mol. The van der Waals surface area contributed by atoms with Gasteiger partial charge in [0.05, 0.1) is 6.04 Å². The van der Waals surface area contributed by atoms with Crippen LogP contribution >= 0.6 is 0 Å². The van der Waals surface area contributed by atoms with Crippen LogP contribution in [0.4, 0.5) is 0 Å². The number of hydrogen-bond acceptors (Lipinski definition) is 2. The summed E-state index contributed by atoms with van der Waals surface area (Å²) in [7, 11) is 0. The van der Waals surface area contributed by atoms with Crippen LogP contribution in [0.2, 0.25) is 0 Å². The molecule has 1 saturated carbocycles. The Labute approximate surface area is 117 Å². The SMILES string of the molecule is CCCNC1CCC(C(C)(C)C)CC1n1cccn1. The van der Waals surface area contributed by atoms with Crippen molar-refractivity contribution in [3.8, 4) is 0 Å². The molecule has 0 saturated heterocycles. The molecule has 0 spiro atoms. The molecule has 1 fully saturated rings. The molecule has 108 valence electrons. The first-order valence-electron chi connectivity index (χ1n) is 7.75. The summed E-state index contributed by atoms with van der Waals surface area (Å²) in [6, 6.07) is 3.13. The van der Waals surface area contributed by atoms with Crippen molar-refractivity contribution in [2.75, 3.05) is 6.54 Å². The quantitative estimate of drug-likeness (QED) is 0.899. The lowest BCUT2D eigenvalue weighted by Gasteiger charge is -2.42. The van der Waals surface area contributed by atoms with Crippen molar-refractivity contribution in [2.24, 2.45) is 11.3 Å². The van der Waals surface area contributed by atoms with Gasteiger partial charge in [0.2, 0.25) is 0 Å². The Balaban J connectivity index is 2.10. The Hall–Kier alpha value is -0.830. The normalized spacial score (nSPS) is 28.5. The third-order valence-electron chi connectivity index (χ3n) is 4.56. The molecule has 0 bridgehead atoms. The van der Waals surface area contributed by atoms with Gasteiger partial charge in [0.15, 0.2) is 0 Å². The van der Waals surface area contributed by atoms with Crippen LogP contribution in [0.1, 0.15) is 59.4 Å². The van der Waals surface area contributed by atoms with Gasteiger partial charge in [0, 0.05) is 18.4 Å². The topological polar surface area (TPSA) is 29.9 Å². The lowest BCUT2D eigenvalue weighted by molar-refractivity contribution is 0.112. The van der Waals surface area contributed by atoms with Crippen LogP contribution in [0.3, 0.4) is 0 Å². The zero-order valence-electron chi connectivity index (χ0n) is 12.9. The molecular formula is C16H29N3. The van der Waals surface area contributed by atoms with Gasteiger partial charge < -0.3 is 5.32 Å². The van der Waals surface area contributed by atoms with Gasteiger partial charge in [0.1, 0.15) is 0 Å². The first kappa shape index (κ1) is 14.6. The summed E-state index contributed by atoms with van der Waals surface area (Å²) in [5.74, 6) is 0.793. The van der Waals surface area contributed by atoms with Gasteiger partial charge >= 0.3 is 0 Å². The Bertz CT molecular complexity index is 364. The molecule has 0 amide bonds. The van der Waals surface area contributed by atoms with E-state index in [-0.39, 0.29) is 0 Å². The lowest BCUT2D eigenvalue weighted by atomic mass is 9.69. The minimum absolute atomic E-state index is 0.404. The molecule has 19 heavy (non-hydrogen) atoms. The van der Waals surface area contributed by atoms with E-state index in [0.29, 0.717) is 17.5 Å². The summed E-state index contributed by atoms with van der Waals surface area (Å²) in [4.78, 5) is 0. The van der Waals surface area contributed by atoms with Gasteiger partial charge in [-0.3, -0.25) is 4.68 Å². The summed E-state index contributed by atoms with van der Waals surface area (Å²) < 4.78 is 2.17. The molecule has 1 aliphatic rings. The summed E-state index contributed by atoms with van der Waals surface area (Å²) in [5, 5.41) is 8.21. The standard InChI is InChI=1S/C16H29N3/c1-5-9-17-14-8-7-13(16(2,3)4)12-15(14)19-11-6-10-18-19/h6,10-11,13-15,17H,5,7-9,12H2,1-4H3. The second-order valence-corrected chi connectivity index (χ2v) is 6.99. The van der Waals surface area contributed by atoms with Crippen LogP contribution in [-0.4, -0.2) is 22.4 Å². The number of aromatic nitrogens is 2. The molecule has 1 aliphatic carbocycles. The Morgan fingerprint density at radius 1 is 1.32 bits per heavy atom. The maximum atomic E-state index is 4.49. The molecule has 2 rings (SSSR count). The van der Waals surface area contributed by atoms with E-state index >= 15 is 0 Å². The van der Waals surface area contributed by atoms with E-state index in [1.165, 1.54) is 25.7 Å². The smallest absolute Gasteiger partial charge is 0.0674 e. The molecule has 3 atom stereocenters. The predicted molar refractivity (Wildman–Crippen MR) is 80.1 cm³/mol. The molecular weight excluding hydrogens is 234 g/mol. The third-order valence-corrected chi connectivity index (χ3v) is 4.56. The first-order valence-corrected chi connectivity index (χ1v) is 7.75. The van der Waals surface area contributed by atoms with E-state index in [0.717, 1.165) is 12.5 Å². The molecule has 1 N–H and O–H groups in total. The van der Waals surface area contributed by atoms with Gasteiger partial charge in [0.25, 0.3) is 0 Å². The van der Waals surface area contributed by atoms with Crippen molar-refractivity contribution in [3.05, 3.63) is 18.5 Å². The number of hydrogen-bond donors (Lipinski definition) is 1. The molecule has 3 unspecified atom stereocenters. The second-order valence-electron chi connectivity index (χ2n) is 6.99. The van der Waals surface area contributed by atoms with Crippen molar-refractivity contribution < 1.29 is 0 Å². The van der Waals surface area contributed by atoms with E-state index in [1.807, 2.05) is 12.3 Å². The zero-order chi connectivity index (χ0) is 13.9. The average Bonchev–Trinajstić information content (AvgIpc) is 2.88. The van der Waals surface area contributed by atoms with E-state index in [1.54, 1.807) is 0 Å². The molecule has 1 aromatic rings. The van der Waals surface area contributed by atoms with Crippen LogP contribution in [0.25, 0.3) is 0 Å². The highest BCUT2D eigenvalue weighted by Gasteiger charge is 2.36. The maximum absolute atomic E-state index is 4.49. The van der Waals surface area contributed by atoms with Crippen LogP contribution < -0.4 is 5.32 Å². The molecule has 3 nitrogen and oxygen atoms in total. The molecule has 1 heterocycles. The number of rotatable bonds is 4. The fourth-order valence-electron chi connectivity index (χ4n) is 3.27. The summed E-state index contributed by atoms with van der Waals surface area (Å²) >= 11 is 0. The lowest BCUT2D eigenvalue weighted by Crippen LogP contribution is -2.44. The fraction of sp³-hybridized carbons (Fsp3) is 0.812. The zero-order valence-corrected chi connectivity index (χ0v) is 12.9. The highest BCUT2D eigenvalue weighted by Crippen LogP contribution is 2.41. The predicted octanol–water partition coefficient (Wildman–Crippen LogP) is 3.64. The highest BCUT2D eigenvalue weighted by molar-refractivity contribution is 4.94. The van der Waals surface area contributed by atoms with Crippen molar-refractivity contribution in [2.45, 2.75) is 65.5 Å². The summed E-state index contributed by atoms with van der Waals surface area (Å²) in [6.07, 6.45) is 9.07. The van der Waals surface area contributed by atoms with Crippen molar-refractivity contribution >= 4 is 0 Å². The van der Waals surface area contributed by atoms with Crippen LogP contribution in [-0.2, 0) is 0 Å². The van der Waals surface area contributed by atoms with Crippen molar-refractivity contribution in [1.82, 2.24) is 15.1 Å². The van der Waals surface area contributed by atoms with Crippen molar-refractivity contribution in [3.63, 3.8) is 0 Å². The minimum Gasteiger partial charge on any atom is -0.312 e.